The molecular weight excluding hydrogens is 240 g/mol. The van der Waals surface area contributed by atoms with Gasteiger partial charge in [-0.1, -0.05) is 30.3 Å². The second-order valence-corrected chi connectivity index (χ2v) is 4.70. The van der Waals surface area contributed by atoms with Gasteiger partial charge in [0.05, 0.1) is 11.4 Å². The average Bonchev–Trinajstić information content (AvgIpc) is 2.71. The Labute approximate surface area is 112 Å². The largest absolute Gasteiger partial charge is 0.326 e. The van der Waals surface area contributed by atoms with Crippen LogP contribution in [0.3, 0.4) is 0 Å². The number of anilines is 1. The van der Waals surface area contributed by atoms with Crippen LogP contribution in [0.4, 0.5) is 5.69 Å². The van der Waals surface area contributed by atoms with Gasteiger partial charge in [-0.3, -0.25) is 9.48 Å². The van der Waals surface area contributed by atoms with Crippen molar-refractivity contribution in [1.29, 1.82) is 0 Å². The van der Waals surface area contributed by atoms with Crippen molar-refractivity contribution < 1.29 is 4.79 Å². The summed E-state index contributed by atoms with van der Waals surface area (Å²) in [4.78, 5) is 11.9. The van der Waals surface area contributed by atoms with Gasteiger partial charge in [0, 0.05) is 25.1 Å². The smallest absolute Gasteiger partial charge is 0.225 e. The van der Waals surface area contributed by atoms with E-state index >= 15 is 0 Å². The van der Waals surface area contributed by atoms with Crippen molar-refractivity contribution in [3.63, 3.8) is 0 Å². The van der Waals surface area contributed by atoms with E-state index in [0.29, 0.717) is 6.42 Å². The predicted octanol–water partition coefficient (Wildman–Crippen LogP) is 2.26. The number of aryl methyl sites for hydroxylation is 1. The van der Waals surface area contributed by atoms with Gasteiger partial charge in [0.25, 0.3) is 0 Å². The molecule has 0 saturated carbocycles. The van der Waals surface area contributed by atoms with Crippen molar-refractivity contribution >= 4 is 11.6 Å². The quantitative estimate of drug-likeness (QED) is 0.915. The van der Waals surface area contributed by atoms with Crippen molar-refractivity contribution in [1.82, 2.24) is 15.0 Å². The van der Waals surface area contributed by atoms with Gasteiger partial charge in [0.2, 0.25) is 5.91 Å². The number of nitrogens with one attached hydrogen (secondary N) is 1. The van der Waals surface area contributed by atoms with Gasteiger partial charge < -0.3 is 5.32 Å². The van der Waals surface area contributed by atoms with Crippen LogP contribution in [-0.2, 0) is 11.8 Å². The van der Waals surface area contributed by atoms with Gasteiger partial charge in [-0.05, 0) is 19.1 Å². The summed E-state index contributed by atoms with van der Waals surface area (Å²) in [6.07, 6.45) is 0.397. The fourth-order valence-electron chi connectivity index (χ4n) is 1.98. The number of hydrogen-bond donors (Lipinski definition) is 1. The van der Waals surface area contributed by atoms with Crippen LogP contribution in [0.25, 0.3) is 0 Å². The number of amides is 1. The second kappa shape index (κ2) is 5.65. The molecule has 0 bridgehead atoms. The molecule has 0 aliphatic heterocycles. The van der Waals surface area contributed by atoms with Crippen LogP contribution in [0.2, 0.25) is 0 Å². The maximum absolute atomic E-state index is 11.9. The van der Waals surface area contributed by atoms with E-state index in [1.807, 2.05) is 51.2 Å². The van der Waals surface area contributed by atoms with Crippen LogP contribution in [0.15, 0.2) is 30.3 Å². The highest BCUT2D eigenvalue weighted by Gasteiger charge is 2.17. The standard InChI is InChI=1S/C14H18N4O/c1-10(14-11(2)18(3)17-16-14)9-13(19)15-12-7-5-4-6-8-12/h4-8,10H,9H2,1-3H3,(H,15,19)/t10-/m0/s1. The molecule has 1 N–H and O–H groups in total. The Bertz CT molecular complexity index is 562. The first-order valence-corrected chi connectivity index (χ1v) is 6.29. The summed E-state index contributed by atoms with van der Waals surface area (Å²) in [5.74, 6) is 0.0427. The molecule has 0 spiro atoms. The van der Waals surface area contributed by atoms with E-state index in [0.717, 1.165) is 17.1 Å². The number of rotatable bonds is 4. The molecule has 2 rings (SSSR count). The SMILES string of the molecule is Cc1c([C@@H](C)CC(=O)Nc2ccccc2)nnn1C. The molecule has 0 aliphatic carbocycles. The molecule has 1 aromatic carbocycles. The fraction of sp³-hybridized carbons (Fsp3) is 0.357. The van der Waals surface area contributed by atoms with Crippen LogP contribution in [-0.4, -0.2) is 20.9 Å². The molecule has 0 unspecified atom stereocenters. The Morgan fingerprint density at radius 1 is 1.37 bits per heavy atom. The molecule has 0 fully saturated rings. The van der Waals surface area contributed by atoms with Gasteiger partial charge in [-0.15, -0.1) is 5.10 Å². The summed E-state index contributed by atoms with van der Waals surface area (Å²) in [6, 6.07) is 9.45. The molecule has 1 heterocycles. The van der Waals surface area contributed by atoms with Gasteiger partial charge >= 0.3 is 0 Å². The Morgan fingerprint density at radius 2 is 2.05 bits per heavy atom. The van der Waals surface area contributed by atoms with Crippen LogP contribution < -0.4 is 5.32 Å². The fourth-order valence-corrected chi connectivity index (χ4v) is 1.98. The van der Waals surface area contributed by atoms with E-state index in [4.69, 9.17) is 0 Å². The zero-order valence-corrected chi connectivity index (χ0v) is 11.4. The first kappa shape index (κ1) is 13.3. The van der Waals surface area contributed by atoms with E-state index < -0.39 is 0 Å². The summed E-state index contributed by atoms with van der Waals surface area (Å²) in [7, 11) is 1.85. The second-order valence-electron chi connectivity index (χ2n) is 4.70. The molecule has 1 aromatic heterocycles. The summed E-state index contributed by atoms with van der Waals surface area (Å²) >= 11 is 0. The highest BCUT2D eigenvalue weighted by atomic mass is 16.1. The van der Waals surface area contributed by atoms with Crippen molar-refractivity contribution in [2.24, 2.45) is 7.05 Å². The average molecular weight is 258 g/mol. The zero-order chi connectivity index (χ0) is 13.8. The number of aromatic nitrogens is 3. The third kappa shape index (κ3) is 3.19. The van der Waals surface area contributed by atoms with Crippen molar-refractivity contribution in [3.05, 3.63) is 41.7 Å². The highest BCUT2D eigenvalue weighted by Crippen LogP contribution is 2.20. The molecule has 0 radical (unpaired) electrons. The lowest BCUT2D eigenvalue weighted by Crippen LogP contribution is -2.15. The van der Waals surface area contributed by atoms with Gasteiger partial charge in [0.15, 0.2) is 0 Å². The number of nitrogens with zero attached hydrogens (tertiary/aromatic N) is 3. The first-order chi connectivity index (χ1) is 9.08. The van der Waals surface area contributed by atoms with Crippen LogP contribution in [0.1, 0.15) is 30.7 Å². The Kier molecular flexibility index (Phi) is 3.94. The molecule has 1 atom stereocenters. The monoisotopic (exact) mass is 258 g/mol. The molecule has 5 nitrogen and oxygen atoms in total. The number of benzene rings is 1. The first-order valence-electron chi connectivity index (χ1n) is 6.29. The predicted molar refractivity (Wildman–Crippen MR) is 73.8 cm³/mol. The summed E-state index contributed by atoms with van der Waals surface area (Å²) in [5.41, 5.74) is 2.70. The molecule has 100 valence electrons. The lowest BCUT2D eigenvalue weighted by Gasteiger charge is -2.10. The summed E-state index contributed by atoms with van der Waals surface area (Å²) in [6.45, 7) is 3.95. The Hall–Kier alpha value is -2.17. The molecule has 5 heteroatoms. The van der Waals surface area contributed by atoms with Crippen molar-refractivity contribution in [2.75, 3.05) is 5.32 Å². The van der Waals surface area contributed by atoms with E-state index in [1.54, 1.807) is 4.68 Å². The van der Waals surface area contributed by atoms with Gasteiger partial charge in [0.1, 0.15) is 0 Å². The van der Waals surface area contributed by atoms with Crippen molar-refractivity contribution in [3.8, 4) is 0 Å². The summed E-state index contributed by atoms with van der Waals surface area (Å²) < 4.78 is 1.72. The minimum Gasteiger partial charge on any atom is -0.326 e. The normalized spacial score (nSPS) is 12.2. The maximum atomic E-state index is 11.9. The van der Waals surface area contributed by atoms with Crippen LogP contribution in [0, 0.1) is 6.92 Å². The van der Waals surface area contributed by atoms with E-state index in [9.17, 15) is 4.79 Å². The zero-order valence-electron chi connectivity index (χ0n) is 11.4. The van der Waals surface area contributed by atoms with E-state index in [1.165, 1.54) is 0 Å². The summed E-state index contributed by atoms with van der Waals surface area (Å²) in [5, 5.41) is 10.9. The topological polar surface area (TPSA) is 59.8 Å². The number of para-hydroxylation sites is 1. The molecule has 0 saturated heterocycles. The van der Waals surface area contributed by atoms with Crippen molar-refractivity contribution in [2.45, 2.75) is 26.2 Å². The number of hydrogen-bond acceptors (Lipinski definition) is 3. The Balaban J connectivity index is 1.97. The van der Waals surface area contributed by atoms with E-state index in [-0.39, 0.29) is 11.8 Å². The lowest BCUT2D eigenvalue weighted by atomic mass is 10.0. The maximum Gasteiger partial charge on any atom is 0.225 e. The number of carbonyl (C=O) groups excluding carboxylic acids is 1. The highest BCUT2D eigenvalue weighted by molar-refractivity contribution is 5.91. The van der Waals surface area contributed by atoms with Crippen LogP contribution >= 0.6 is 0 Å². The molecule has 1 amide bonds. The molecule has 19 heavy (non-hydrogen) atoms. The Morgan fingerprint density at radius 3 is 2.63 bits per heavy atom. The van der Waals surface area contributed by atoms with Crippen LogP contribution in [0.5, 0.6) is 0 Å². The third-order valence-electron chi connectivity index (χ3n) is 3.16. The molecule has 2 aromatic rings. The van der Waals surface area contributed by atoms with Gasteiger partial charge in [-0.25, -0.2) is 0 Å². The minimum absolute atomic E-state index is 0.0104. The third-order valence-corrected chi connectivity index (χ3v) is 3.16. The lowest BCUT2D eigenvalue weighted by molar-refractivity contribution is -0.116. The minimum atomic E-state index is -0.0104. The molecule has 0 aliphatic rings. The molecular formula is C14H18N4O. The van der Waals surface area contributed by atoms with E-state index in [2.05, 4.69) is 15.6 Å². The van der Waals surface area contributed by atoms with Gasteiger partial charge in [-0.2, -0.15) is 0 Å². The number of carbonyl (C=O) groups is 1.